The van der Waals surface area contributed by atoms with E-state index in [-0.39, 0.29) is 6.10 Å². The Balaban J connectivity index is 2.43. The van der Waals surface area contributed by atoms with Crippen LogP contribution in [-0.2, 0) is 0 Å². The van der Waals surface area contributed by atoms with Crippen molar-refractivity contribution in [1.29, 1.82) is 0 Å². The summed E-state index contributed by atoms with van der Waals surface area (Å²) in [5.74, 6) is 0. The van der Waals surface area contributed by atoms with Gasteiger partial charge in [0.05, 0.1) is 6.10 Å². The first kappa shape index (κ1) is 9.03. The molecule has 0 aliphatic carbocycles. The highest BCUT2D eigenvalue weighted by Crippen LogP contribution is 2.33. The number of anilines is 1. The third-order valence-corrected chi connectivity index (χ3v) is 2.84. The topological polar surface area (TPSA) is 32.3 Å². The van der Waals surface area contributed by atoms with E-state index in [9.17, 15) is 5.11 Å². The Morgan fingerprint density at radius 2 is 2.31 bits per heavy atom. The average Bonchev–Trinajstić information content (AvgIpc) is 2.06. The van der Waals surface area contributed by atoms with E-state index in [1.165, 1.54) is 0 Å². The smallest absolute Gasteiger partial charge is 0.0829 e. The molecule has 0 fully saturated rings. The van der Waals surface area contributed by atoms with E-state index in [1.807, 2.05) is 18.2 Å². The summed E-state index contributed by atoms with van der Waals surface area (Å²) in [5.41, 5.74) is 2.04. The third kappa shape index (κ3) is 1.71. The highest BCUT2D eigenvalue weighted by atomic mass is 79.9. The Morgan fingerprint density at radius 3 is 3.08 bits per heavy atom. The second-order valence-electron chi connectivity index (χ2n) is 3.53. The lowest BCUT2D eigenvalue weighted by Gasteiger charge is -2.28. The van der Waals surface area contributed by atoms with Gasteiger partial charge in [-0.2, -0.15) is 0 Å². The van der Waals surface area contributed by atoms with Crippen molar-refractivity contribution in [2.75, 3.05) is 5.32 Å². The number of halogens is 1. The van der Waals surface area contributed by atoms with E-state index in [0.717, 1.165) is 22.1 Å². The van der Waals surface area contributed by atoms with Crippen LogP contribution in [0, 0.1) is 0 Å². The number of aliphatic hydroxyl groups is 1. The van der Waals surface area contributed by atoms with Gasteiger partial charge in [-0.15, -0.1) is 0 Å². The largest absolute Gasteiger partial charge is 0.388 e. The van der Waals surface area contributed by atoms with Crippen molar-refractivity contribution in [3.05, 3.63) is 28.2 Å². The molecule has 0 radical (unpaired) electrons. The van der Waals surface area contributed by atoms with Crippen molar-refractivity contribution < 1.29 is 5.11 Å². The molecule has 0 saturated heterocycles. The van der Waals surface area contributed by atoms with E-state index >= 15 is 0 Å². The van der Waals surface area contributed by atoms with Crippen LogP contribution in [0.2, 0.25) is 0 Å². The molecule has 2 rings (SSSR count). The lowest BCUT2D eigenvalue weighted by atomic mass is 9.96. The minimum absolute atomic E-state index is 0.330. The van der Waals surface area contributed by atoms with Crippen LogP contribution < -0.4 is 5.32 Å². The fraction of sp³-hybridized carbons (Fsp3) is 0.400. The monoisotopic (exact) mass is 241 g/mol. The summed E-state index contributed by atoms with van der Waals surface area (Å²) in [7, 11) is 0. The molecule has 13 heavy (non-hydrogen) atoms. The molecule has 1 aliphatic rings. The number of aliphatic hydroxyl groups excluding tert-OH is 1. The van der Waals surface area contributed by atoms with Crippen molar-refractivity contribution in [3.8, 4) is 0 Å². The molecular weight excluding hydrogens is 230 g/mol. The van der Waals surface area contributed by atoms with Gasteiger partial charge in [-0.05, 0) is 31.5 Å². The van der Waals surface area contributed by atoms with Crippen LogP contribution in [0.15, 0.2) is 22.7 Å². The Hall–Kier alpha value is -0.540. The van der Waals surface area contributed by atoms with Crippen molar-refractivity contribution in [2.24, 2.45) is 0 Å². The van der Waals surface area contributed by atoms with Crippen LogP contribution in [-0.4, -0.2) is 11.1 Å². The standard InChI is InChI=1S/C10H12BrNO/c1-6-4-10(13)8-5-7(11)2-3-9(8)12-6/h2-3,5-6,10,12-13H,4H2,1H3. The maximum atomic E-state index is 9.80. The number of nitrogens with one attached hydrogen (secondary N) is 1. The van der Waals surface area contributed by atoms with Crippen LogP contribution in [0.3, 0.4) is 0 Å². The first-order chi connectivity index (χ1) is 6.16. The average molecular weight is 242 g/mol. The van der Waals surface area contributed by atoms with Crippen LogP contribution in [0.4, 0.5) is 5.69 Å². The summed E-state index contributed by atoms with van der Waals surface area (Å²) in [5, 5.41) is 13.1. The summed E-state index contributed by atoms with van der Waals surface area (Å²) in [6, 6.07) is 6.30. The van der Waals surface area contributed by atoms with Gasteiger partial charge < -0.3 is 10.4 Å². The van der Waals surface area contributed by atoms with Gasteiger partial charge in [0.2, 0.25) is 0 Å². The van der Waals surface area contributed by atoms with E-state index in [4.69, 9.17) is 0 Å². The molecule has 0 saturated carbocycles. The Bertz CT molecular complexity index is 327. The molecule has 1 aromatic carbocycles. The molecule has 1 heterocycles. The van der Waals surface area contributed by atoms with E-state index in [1.54, 1.807) is 0 Å². The highest BCUT2D eigenvalue weighted by Gasteiger charge is 2.21. The van der Waals surface area contributed by atoms with Crippen LogP contribution in [0.25, 0.3) is 0 Å². The third-order valence-electron chi connectivity index (χ3n) is 2.35. The molecule has 2 N–H and O–H groups in total. The first-order valence-corrected chi connectivity index (χ1v) is 5.20. The molecule has 2 nitrogen and oxygen atoms in total. The summed E-state index contributed by atoms with van der Waals surface area (Å²) in [6.45, 7) is 2.08. The number of hydrogen-bond donors (Lipinski definition) is 2. The van der Waals surface area contributed by atoms with Gasteiger partial charge in [0.1, 0.15) is 0 Å². The maximum Gasteiger partial charge on any atom is 0.0829 e. The van der Waals surface area contributed by atoms with Crippen LogP contribution >= 0.6 is 15.9 Å². The first-order valence-electron chi connectivity index (χ1n) is 4.41. The van der Waals surface area contributed by atoms with Gasteiger partial charge in [-0.25, -0.2) is 0 Å². The second-order valence-corrected chi connectivity index (χ2v) is 4.44. The SMILES string of the molecule is CC1CC(O)c2cc(Br)ccc2N1. The number of rotatable bonds is 0. The molecule has 0 spiro atoms. The molecule has 70 valence electrons. The maximum absolute atomic E-state index is 9.80. The van der Waals surface area contributed by atoms with Crippen LogP contribution in [0.5, 0.6) is 0 Å². The van der Waals surface area contributed by atoms with Gasteiger partial charge >= 0.3 is 0 Å². The minimum atomic E-state index is -0.330. The zero-order valence-corrected chi connectivity index (χ0v) is 9.01. The summed E-state index contributed by atoms with van der Waals surface area (Å²) >= 11 is 3.39. The quantitative estimate of drug-likeness (QED) is 0.733. The van der Waals surface area contributed by atoms with E-state index < -0.39 is 0 Å². The second kappa shape index (κ2) is 3.31. The molecule has 1 aromatic rings. The molecule has 2 unspecified atom stereocenters. The molecule has 1 aliphatic heterocycles. The van der Waals surface area contributed by atoms with E-state index in [0.29, 0.717) is 6.04 Å². The number of hydrogen-bond acceptors (Lipinski definition) is 2. The lowest BCUT2D eigenvalue weighted by Crippen LogP contribution is -2.25. The number of benzene rings is 1. The Morgan fingerprint density at radius 1 is 1.54 bits per heavy atom. The highest BCUT2D eigenvalue weighted by molar-refractivity contribution is 9.10. The van der Waals surface area contributed by atoms with Crippen LogP contribution in [0.1, 0.15) is 25.0 Å². The Labute approximate surface area is 86.1 Å². The number of fused-ring (bicyclic) bond motifs is 1. The lowest BCUT2D eigenvalue weighted by molar-refractivity contribution is 0.158. The zero-order chi connectivity index (χ0) is 9.42. The van der Waals surface area contributed by atoms with Crippen molar-refractivity contribution in [3.63, 3.8) is 0 Å². The predicted molar refractivity (Wildman–Crippen MR) is 56.8 cm³/mol. The molecule has 0 amide bonds. The fourth-order valence-electron chi connectivity index (χ4n) is 1.73. The molecule has 0 bridgehead atoms. The van der Waals surface area contributed by atoms with Gasteiger partial charge in [-0.3, -0.25) is 0 Å². The zero-order valence-electron chi connectivity index (χ0n) is 7.42. The normalized spacial score (nSPS) is 26.4. The summed E-state index contributed by atoms with van der Waals surface area (Å²) < 4.78 is 1.02. The van der Waals surface area contributed by atoms with Gasteiger partial charge in [0, 0.05) is 21.8 Å². The van der Waals surface area contributed by atoms with E-state index in [2.05, 4.69) is 28.2 Å². The summed E-state index contributed by atoms with van der Waals surface area (Å²) in [4.78, 5) is 0. The van der Waals surface area contributed by atoms with Crippen molar-refractivity contribution in [1.82, 2.24) is 0 Å². The molecule has 2 atom stereocenters. The predicted octanol–water partition coefficient (Wildman–Crippen LogP) is 2.69. The van der Waals surface area contributed by atoms with Crippen molar-refractivity contribution in [2.45, 2.75) is 25.5 Å². The minimum Gasteiger partial charge on any atom is -0.388 e. The van der Waals surface area contributed by atoms with Gasteiger partial charge in [-0.1, -0.05) is 15.9 Å². The summed E-state index contributed by atoms with van der Waals surface area (Å²) in [6.07, 6.45) is 0.451. The molecular formula is C10H12BrNO. The molecule has 0 aromatic heterocycles. The Kier molecular flexibility index (Phi) is 2.30. The fourth-order valence-corrected chi connectivity index (χ4v) is 2.11. The molecule has 3 heteroatoms. The van der Waals surface area contributed by atoms with Gasteiger partial charge in [0.25, 0.3) is 0 Å². The van der Waals surface area contributed by atoms with Crippen molar-refractivity contribution >= 4 is 21.6 Å². The van der Waals surface area contributed by atoms with Gasteiger partial charge in [0.15, 0.2) is 0 Å².